The van der Waals surface area contributed by atoms with Crippen molar-refractivity contribution in [3.05, 3.63) is 40.7 Å². The molecule has 1 aliphatic carbocycles. The van der Waals surface area contributed by atoms with E-state index < -0.39 is 5.91 Å². The van der Waals surface area contributed by atoms with Crippen molar-refractivity contribution in [2.24, 2.45) is 11.1 Å². The molecule has 2 aliphatic rings. The van der Waals surface area contributed by atoms with Crippen LogP contribution < -0.4 is 10.6 Å². The lowest BCUT2D eigenvalue weighted by Gasteiger charge is -2.31. The number of nitrogens with two attached hydrogens (primary N) is 1. The Kier molecular flexibility index (Phi) is 4.52. The van der Waals surface area contributed by atoms with Gasteiger partial charge in [0.2, 0.25) is 0 Å². The molecule has 1 fully saturated rings. The zero-order valence-corrected chi connectivity index (χ0v) is 16.9. The number of benzene rings is 1. The highest BCUT2D eigenvalue weighted by atomic mass is 16.1. The standard InChI is InChI=1S/C22H28N4O2/c1-14-20-18(12-22(2,3)13-19(20)27)26(24-14)15-7-8-16(21(23)28)17(11-15)25-9-5-4-6-10-25/h7-8,11H,4-6,9-10,12-13H2,1-3H3,(H2,23,28). The van der Waals surface area contributed by atoms with Crippen molar-refractivity contribution in [1.82, 2.24) is 9.78 Å². The number of carbonyl (C=O) groups excluding carboxylic acids is 2. The van der Waals surface area contributed by atoms with E-state index in [4.69, 9.17) is 10.8 Å². The first-order valence-corrected chi connectivity index (χ1v) is 10.1. The molecule has 0 atom stereocenters. The van der Waals surface area contributed by atoms with Gasteiger partial charge in [0.05, 0.1) is 33.9 Å². The minimum Gasteiger partial charge on any atom is -0.371 e. The molecule has 6 heteroatoms. The van der Waals surface area contributed by atoms with Crippen LogP contribution in [0.2, 0.25) is 0 Å². The van der Waals surface area contributed by atoms with Crippen LogP contribution in [0.25, 0.3) is 5.69 Å². The van der Waals surface area contributed by atoms with Crippen LogP contribution in [0.3, 0.4) is 0 Å². The predicted molar refractivity (Wildman–Crippen MR) is 109 cm³/mol. The number of hydrogen-bond acceptors (Lipinski definition) is 4. The van der Waals surface area contributed by atoms with Gasteiger partial charge in [-0.25, -0.2) is 4.68 Å². The summed E-state index contributed by atoms with van der Waals surface area (Å²) in [5.74, 6) is -0.248. The van der Waals surface area contributed by atoms with Crippen LogP contribution in [0.4, 0.5) is 5.69 Å². The number of fused-ring (bicyclic) bond motifs is 1. The van der Waals surface area contributed by atoms with Crippen molar-refractivity contribution in [2.75, 3.05) is 18.0 Å². The molecular weight excluding hydrogens is 352 g/mol. The fourth-order valence-corrected chi connectivity index (χ4v) is 4.61. The second kappa shape index (κ2) is 6.76. The predicted octanol–water partition coefficient (Wildman–Crippen LogP) is 3.43. The summed E-state index contributed by atoms with van der Waals surface area (Å²) in [7, 11) is 0. The second-order valence-electron chi connectivity index (χ2n) is 8.87. The van der Waals surface area contributed by atoms with Gasteiger partial charge in [-0.3, -0.25) is 9.59 Å². The molecule has 1 aromatic carbocycles. The fraction of sp³-hybridized carbons (Fsp3) is 0.500. The SMILES string of the molecule is Cc1nn(-c2ccc(C(N)=O)c(N3CCCCC3)c2)c2c1C(=O)CC(C)(C)C2. The summed E-state index contributed by atoms with van der Waals surface area (Å²) < 4.78 is 1.89. The molecule has 6 nitrogen and oxygen atoms in total. The van der Waals surface area contributed by atoms with Gasteiger partial charge in [0.25, 0.3) is 5.91 Å². The highest BCUT2D eigenvalue weighted by molar-refractivity contribution is 6.00. The lowest BCUT2D eigenvalue weighted by Crippen LogP contribution is -2.32. The molecule has 0 unspecified atom stereocenters. The summed E-state index contributed by atoms with van der Waals surface area (Å²) in [5.41, 5.74) is 10.3. The fourth-order valence-electron chi connectivity index (χ4n) is 4.61. The van der Waals surface area contributed by atoms with E-state index in [2.05, 4.69) is 18.7 Å². The van der Waals surface area contributed by atoms with Gasteiger partial charge < -0.3 is 10.6 Å². The number of aromatic nitrogens is 2. The lowest BCUT2D eigenvalue weighted by atomic mass is 9.75. The molecule has 0 radical (unpaired) electrons. The van der Waals surface area contributed by atoms with Crippen molar-refractivity contribution < 1.29 is 9.59 Å². The molecule has 4 rings (SSSR count). The highest BCUT2D eigenvalue weighted by Crippen LogP contribution is 2.37. The first kappa shape index (κ1) is 18.7. The number of hydrogen-bond donors (Lipinski definition) is 1. The van der Waals surface area contributed by atoms with Gasteiger partial charge in [-0.05, 0) is 56.2 Å². The Morgan fingerprint density at radius 1 is 1.14 bits per heavy atom. The lowest BCUT2D eigenvalue weighted by molar-refractivity contribution is 0.0909. The van der Waals surface area contributed by atoms with Crippen molar-refractivity contribution in [2.45, 2.75) is 52.9 Å². The van der Waals surface area contributed by atoms with Crippen molar-refractivity contribution in [1.29, 1.82) is 0 Å². The van der Waals surface area contributed by atoms with E-state index in [1.165, 1.54) is 6.42 Å². The zero-order chi connectivity index (χ0) is 20.1. The van der Waals surface area contributed by atoms with Crippen LogP contribution in [0, 0.1) is 12.3 Å². The molecule has 1 aromatic heterocycles. The first-order valence-electron chi connectivity index (χ1n) is 10.1. The van der Waals surface area contributed by atoms with Crippen molar-refractivity contribution in [3.63, 3.8) is 0 Å². The monoisotopic (exact) mass is 380 g/mol. The summed E-state index contributed by atoms with van der Waals surface area (Å²) in [5, 5.41) is 4.70. The van der Waals surface area contributed by atoms with E-state index in [9.17, 15) is 9.59 Å². The van der Waals surface area contributed by atoms with Crippen molar-refractivity contribution >= 4 is 17.4 Å². The molecule has 0 saturated carbocycles. The van der Waals surface area contributed by atoms with Gasteiger partial charge in [-0.2, -0.15) is 5.10 Å². The quantitative estimate of drug-likeness (QED) is 0.884. The Morgan fingerprint density at radius 3 is 2.54 bits per heavy atom. The number of Topliss-reactive ketones (excluding diaryl/α,β-unsaturated/α-hetero) is 1. The number of primary amides is 1. The van der Waals surface area contributed by atoms with Gasteiger partial charge >= 0.3 is 0 Å². The molecule has 2 aromatic rings. The van der Waals surface area contributed by atoms with Crippen LogP contribution in [-0.2, 0) is 6.42 Å². The molecule has 28 heavy (non-hydrogen) atoms. The number of amides is 1. The van der Waals surface area contributed by atoms with Crippen LogP contribution in [0.1, 0.15) is 71.6 Å². The molecule has 1 saturated heterocycles. The van der Waals surface area contributed by atoms with Crippen LogP contribution in [0.5, 0.6) is 0 Å². The Bertz CT molecular complexity index is 952. The summed E-state index contributed by atoms with van der Waals surface area (Å²) in [4.78, 5) is 26.9. The Balaban J connectivity index is 1.84. The largest absolute Gasteiger partial charge is 0.371 e. The molecule has 1 aliphatic heterocycles. The average molecular weight is 380 g/mol. The third-order valence-corrected chi connectivity index (χ3v) is 5.91. The normalized spacial score (nSPS) is 18.8. The molecule has 1 amide bonds. The maximum absolute atomic E-state index is 12.7. The zero-order valence-electron chi connectivity index (χ0n) is 16.9. The number of ketones is 1. The number of rotatable bonds is 3. The Hall–Kier alpha value is -2.63. The Morgan fingerprint density at radius 2 is 1.86 bits per heavy atom. The minimum absolute atomic E-state index is 0.0861. The highest BCUT2D eigenvalue weighted by Gasteiger charge is 2.35. The molecule has 0 bridgehead atoms. The summed E-state index contributed by atoms with van der Waals surface area (Å²) in [6.45, 7) is 7.98. The van der Waals surface area contributed by atoms with Gasteiger partial charge in [0, 0.05) is 19.5 Å². The number of piperidine rings is 1. The summed E-state index contributed by atoms with van der Waals surface area (Å²) in [6.07, 6.45) is 4.78. The van der Waals surface area contributed by atoms with Gasteiger partial charge in [-0.15, -0.1) is 0 Å². The number of carbonyl (C=O) groups is 2. The van der Waals surface area contributed by atoms with E-state index in [-0.39, 0.29) is 11.2 Å². The van der Waals surface area contributed by atoms with Gasteiger partial charge in [0.15, 0.2) is 5.78 Å². The Labute approximate surface area is 165 Å². The third-order valence-electron chi connectivity index (χ3n) is 5.91. The van der Waals surface area contributed by atoms with Crippen LogP contribution in [0.15, 0.2) is 18.2 Å². The second-order valence-corrected chi connectivity index (χ2v) is 8.87. The van der Waals surface area contributed by atoms with Crippen LogP contribution >= 0.6 is 0 Å². The van der Waals surface area contributed by atoms with Gasteiger partial charge in [-0.1, -0.05) is 13.8 Å². The van der Waals surface area contributed by atoms with E-state index >= 15 is 0 Å². The molecule has 2 N–H and O–H groups in total. The first-order chi connectivity index (χ1) is 13.3. The average Bonchev–Trinajstić information content (AvgIpc) is 2.97. The topological polar surface area (TPSA) is 81.2 Å². The van der Waals surface area contributed by atoms with E-state index in [1.54, 1.807) is 6.07 Å². The smallest absolute Gasteiger partial charge is 0.250 e. The molecule has 2 heterocycles. The number of aryl methyl sites for hydroxylation is 1. The van der Waals surface area contributed by atoms with Crippen molar-refractivity contribution in [3.8, 4) is 5.69 Å². The summed E-state index contributed by atoms with van der Waals surface area (Å²) in [6, 6.07) is 5.68. The molecule has 0 spiro atoms. The number of nitrogens with zero attached hydrogens (tertiary/aromatic N) is 3. The van der Waals surface area contributed by atoms with Crippen LogP contribution in [-0.4, -0.2) is 34.6 Å². The maximum atomic E-state index is 12.7. The molecular formula is C22H28N4O2. The molecule has 148 valence electrons. The number of anilines is 1. The van der Waals surface area contributed by atoms with E-state index in [0.717, 1.165) is 60.7 Å². The van der Waals surface area contributed by atoms with E-state index in [1.807, 2.05) is 23.7 Å². The summed E-state index contributed by atoms with van der Waals surface area (Å²) >= 11 is 0. The minimum atomic E-state index is -0.415. The maximum Gasteiger partial charge on any atom is 0.250 e. The van der Waals surface area contributed by atoms with E-state index in [0.29, 0.717) is 12.0 Å². The third kappa shape index (κ3) is 3.21. The van der Waals surface area contributed by atoms with Gasteiger partial charge in [0.1, 0.15) is 0 Å².